The largest absolute Gasteiger partial charge is 0.293 e. The molecule has 0 heterocycles. The second-order valence-electron chi connectivity index (χ2n) is 4.29. The van der Waals surface area contributed by atoms with Gasteiger partial charge in [-0.15, -0.1) is 0 Å². The smallest absolute Gasteiger partial charge is 0.175 e. The number of hydrogen-bond acceptors (Lipinski definition) is 2. The summed E-state index contributed by atoms with van der Waals surface area (Å²) in [5.41, 5.74) is 1.49. The lowest BCUT2D eigenvalue weighted by molar-refractivity contribution is 0.102. The molecule has 1 unspecified atom stereocenters. The van der Waals surface area contributed by atoms with Crippen LogP contribution in [0.2, 0.25) is 5.02 Å². The van der Waals surface area contributed by atoms with Gasteiger partial charge in [-0.2, -0.15) is 0 Å². The molecule has 0 aliphatic heterocycles. The zero-order valence-corrected chi connectivity index (χ0v) is 13.7. The van der Waals surface area contributed by atoms with Crippen molar-refractivity contribution in [3.8, 4) is 0 Å². The molecule has 0 radical (unpaired) electrons. The monoisotopic (exact) mass is 370 g/mol. The molecule has 0 saturated heterocycles. The van der Waals surface area contributed by atoms with Gasteiger partial charge in [-0.1, -0.05) is 51.8 Å². The first-order valence-corrected chi connectivity index (χ1v) is 8.58. The molecular formula is C15H12BrClO2S. The van der Waals surface area contributed by atoms with Crippen molar-refractivity contribution in [1.82, 2.24) is 0 Å². The summed E-state index contributed by atoms with van der Waals surface area (Å²) in [5.74, 6) is 0.286. The van der Waals surface area contributed by atoms with Crippen molar-refractivity contribution in [3.63, 3.8) is 0 Å². The van der Waals surface area contributed by atoms with E-state index in [0.717, 1.165) is 10.0 Å². The van der Waals surface area contributed by atoms with Crippen molar-refractivity contribution in [1.29, 1.82) is 0 Å². The highest BCUT2D eigenvalue weighted by atomic mass is 79.9. The van der Waals surface area contributed by atoms with Crippen LogP contribution in [0.5, 0.6) is 0 Å². The summed E-state index contributed by atoms with van der Waals surface area (Å²) >= 11 is 9.10. The average molecular weight is 372 g/mol. The van der Waals surface area contributed by atoms with Gasteiger partial charge in [0, 0.05) is 31.6 Å². The van der Waals surface area contributed by atoms with Gasteiger partial charge in [0.1, 0.15) is 0 Å². The number of ketones is 1. The minimum absolute atomic E-state index is 0.0320. The Morgan fingerprint density at radius 3 is 2.25 bits per heavy atom. The van der Waals surface area contributed by atoms with Crippen LogP contribution in [0.15, 0.2) is 53.0 Å². The van der Waals surface area contributed by atoms with Gasteiger partial charge in [-0.3, -0.25) is 9.00 Å². The van der Waals surface area contributed by atoms with E-state index in [1.165, 1.54) is 0 Å². The first-order valence-electron chi connectivity index (χ1n) is 5.93. The summed E-state index contributed by atoms with van der Waals surface area (Å²) in [6, 6.07) is 14.2. The van der Waals surface area contributed by atoms with Crippen molar-refractivity contribution < 1.29 is 9.00 Å². The molecule has 104 valence electrons. The van der Waals surface area contributed by atoms with Crippen LogP contribution in [-0.2, 0) is 16.6 Å². The van der Waals surface area contributed by atoms with Crippen molar-refractivity contribution in [3.05, 3.63) is 69.2 Å². The summed E-state index contributed by atoms with van der Waals surface area (Å²) < 4.78 is 12.9. The maximum absolute atomic E-state index is 12.0. The molecular weight excluding hydrogens is 360 g/mol. The zero-order chi connectivity index (χ0) is 14.5. The second-order valence-corrected chi connectivity index (χ2v) is 7.09. The number of carbonyl (C=O) groups is 1. The van der Waals surface area contributed by atoms with Crippen LogP contribution in [0.3, 0.4) is 0 Å². The maximum atomic E-state index is 12.0. The molecule has 0 spiro atoms. The summed E-state index contributed by atoms with van der Waals surface area (Å²) in [5, 5.41) is 0.644. The Morgan fingerprint density at radius 2 is 1.65 bits per heavy atom. The van der Waals surface area contributed by atoms with E-state index in [9.17, 15) is 9.00 Å². The van der Waals surface area contributed by atoms with Crippen LogP contribution in [0.1, 0.15) is 15.9 Å². The van der Waals surface area contributed by atoms with Crippen LogP contribution < -0.4 is 0 Å². The summed E-state index contributed by atoms with van der Waals surface area (Å²) in [6.45, 7) is 0. The van der Waals surface area contributed by atoms with E-state index in [1.54, 1.807) is 36.4 Å². The molecule has 0 amide bonds. The van der Waals surface area contributed by atoms with Crippen LogP contribution in [-0.4, -0.2) is 15.7 Å². The van der Waals surface area contributed by atoms with Crippen LogP contribution in [0.25, 0.3) is 0 Å². The summed E-state index contributed by atoms with van der Waals surface area (Å²) in [7, 11) is -1.22. The van der Waals surface area contributed by atoms with Crippen molar-refractivity contribution in [2.75, 3.05) is 5.75 Å². The number of rotatable bonds is 5. The van der Waals surface area contributed by atoms with Crippen molar-refractivity contribution in [2.45, 2.75) is 5.75 Å². The van der Waals surface area contributed by atoms with E-state index >= 15 is 0 Å². The third-order valence-corrected chi connectivity index (χ3v) is 4.72. The molecule has 0 bridgehead atoms. The fourth-order valence-electron chi connectivity index (χ4n) is 1.68. The van der Waals surface area contributed by atoms with Gasteiger partial charge in [0.05, 0.1) is 5.75 Å². The molecule has 0 saturated carbocycles. The van der Waals surface area contributed by atoms with Crippen LogP contribution in [0.4, 0.5) is 0 Å². The van der Waals surface area contributed by atoms with Crippen molar-refractivity contribution >= 4 is 44.1 Å². The first kappa shape index (κ1) is 15.4. The molecule has 0 aromatic heterocycles. The quantitative estimate of drug-likeness (QED) is 0.737. The Balaban J connectivity index is 1.95. The summed E-state index contributed by atoms with van der Waals surface area (Å²) in [6.07, 6.45) is 0. The average Bonchev–Trinajstić information content (AvgIpc) is 2.42. The van der Waals surface area contributed by atoms with Crippen molar-refractivity contribution in [2.24, 2.45) is 0 Å². The molecule has 5 heteroatoms. The van der Waals surface area contributed by atoms with Crippen LogP contribution >= 0.6 is 27.5 Å². The lowest BCUT2D eigenvalue weighted by atomic mass is 10.2. The standard InChI is InChI=1S/C15H12BrClO2S/c16-13-5-3-12(4-6-13)15(18)10-20(19)9-11-1-7-14(17)8-2-11/h1-8H,9-10H2. The van der Waals surface area contributed by atoms with Gasteiger partial charge in [0.2, 0.25) is 0 Å². The number of hydrogen-bond donors (Lipinski definition) is 0. The second kappa shape index (κ2) is 7.16. The Bertz CT molecular complexity index is 623. The Labute approximate surface area is 133 Å². The van der Waals surface area contributed by atoms with Gasteiger partial charge in [-0.25, -0.2) is 0 Å². The third kappa shape index (κ3) is 4.54. The van der Waals surface area contributed by atoms with E-state index < -0.39 is 10.8 Å². The van der Waals surface area contributed by atoms with E-state index in [-0.39, 0.29) is 11.5 Å². The molecule has 2 nitrogen and oxygen atoms in total. The van der Waals surface area contributed by atoms with E-state index in [4.69, 9.17) is 11.6 Å². The van der Waals surface area contributed by atoms with Gasteiger partial charge >= 0.3 is 0 Å². The highest BCUT2D eigenvalue weighted by Crippen LogP contribution is 2.13. The molecule has 0 aliphatic rings. The number of benzene rings is 2. The lowest BCUT2D eigenvalue weighted by Crippen LogP contribution is -2.12. The SMILES string of the molecule is O=C(CS(=O)Cc1ccc(Cl)cc1)c1ccc(Br)cc1. The number of carbonyl (C=O) groups excluding carboxylic acids is 1. The Morgan fingerprint density at radius 1 is 1.05 bits per heavy atom. The third-order valence-electron chi connectivity index (χ3n) is 2.70. The minimum Gasteiger partial charge on any atom is -0.293 e. The molecule has 0 N–H and O–H groups in total. The molecule has 2 aromatic carbocycles. The molecule has 0 aliphatic carbocycles. The number of Topliss-reactive ketones (excluding diaryl/α,β-unsaturated/α-hetero) is 1. The van der Waals surface area contributed by atoms with E-state index in [2.05, 4.69) is 15.9 Å². The lowest BCUT2D eigenvalue weighted by Gasteiger charge is -2.03. The highest BCUT2D eigenvalue weighted by Gasteiger charge is 2.11. The van der Waals surface area contributed by atoms with Gasteiger partial charge in [0.25, 0.3) is 0 Å². The van der Waals surface area contributed by atoms with Crippen LogP contribution in [0, 0.1) is 0 Å². The summed E-state index contributed by atoms with van der Waals surface area (Å²) in [4.78, 5) is 12.0. The topological polar surface area (TPSA) is 34.1 Å². The fraction of sp³-hybridized carbons (Fsp3) is 0.133. The Hall–Kier alpha value is -0.970. The highest BCUT2D eigenvalue weighted by molar-refractivity contribution is 9.10. The predicted octanol–water partition coefficient (Wildman–Crippen LogP) is 4.23. The normalized spacial score (nSPS) is 12.1. The zero-order valence-electron chi connectivity index (χ0n) is 10.5. The minimum atomic E-state index is -1.22. The van der Waals surface area contributed by atoms with E-state index in [1.807, 2.05) is 12.1 Å². The number of halogens is 2. The fourth-order valence-corrected chi connectivity index (χ4v) is 3.20. The maximum Gasteiger partial charge on any atom is 0.175 e. The molecule has 2 aromatic rings. The first-order chi connectivity index (χ1) is 9.54. The molecule has 20 heavy (non-hydrogen) atoms. The molecule has 1 atom stereocenters. The predicted molar refractivity (Wildman–Crippen MR) is 86.6 cm³/mol. The van der Waals surface area contributed by atoms with Gasteiger partial charge in [0.15, 0.2) is 5.78 Å². The molecule has 2 rings (SSSR count). The van der Waals surface area contributed by atoms with Gasteiger partial charge < -0.3 is 0 Å². The van der Waals surface area contributed by atoms with E-state index in [0.29, 0.717) is 16.3 Å². The molecule has 0 fully saturated rings. The Kier molecular flexibility index (Phi) is 5.52. The van der Waals surface area contributed by atoms with Gasteiger partial charge in [-0.05, 0) is 29.8 Å².